The molecule has 0 bridgehead atoms. The van der Waals surface area contributed by atoms with Gasteiger partial charge in [0.2, 0.25) is 11.8 Å². The highest BCUT2D eigenvalue weighted by Crippen LogP contribution is 2.41. The van der Waals surface area contributed by atoms with E-state index in [0.29, 0.717) is 23.9 Å². The van der Waals surface area contributed by atoms with Gasteiger partial charge < -0.3 is 19.2 Å². The van der Waals surface area contributed by atoms with E-state index in [1.807, 2.05) is 36.2 Å². The van der Waals surface area contributed by atoms with E-state index in [1.54, 1.807) is 27.5 Å². The summed E-state index contributed by atoms with van der Waals surface area (Å²) in [5.74, 6) is 4.49. The summed E-state index contributed by atoms with van der Waals surface area (Å²) >= 11 is 0. The Labute approximate surface area is 292 Å². The number of rotatable bonds is 10. The van der Waals surface area contributed by atoms with Gasteiger partial charge in [0.25, 0.3) is 0 Å². The number of aromatic nitrogens is 3. The number of nitrogens with one attached hydrogen (secondary N) is 1. The zero-order valence-electron chi connectivity index (χ0n) is 29.7. The van der Waals surface area contributed by atoms with E-state index in [9.17, 15) is 9.59 Å². The van der Waals surface area contributed by atoms with Gasteiger partial charge in [-0.1, -0.05) is 19.3 Å². The minimum Gasteiger partial charge on any atom is -0.495 e. The molecule has 0 unspecified atom stereocenters. The molecular formula is C39H55N5O5. The number of ether oxygens (including phenoxy) is 2. The Morgan fingerprint density at radius 1 is 0.939 bits per heavy atom. The molecule has 2 amide bonds. The molecule has 3 aromatic rings. The number of methoxy groups -OCH3 is 2. The van der Waals surface area contributed by atoms with Crippen molar-refractivity contribution in [1.82, 2.24) is 20.3 Å². The molecule has 1 N–H and O–H groups in total. The van der Waals surface area contributed by atoms with Crippen LogP contribution in [0.2, 0.25) is 0 Å². The number of carbonyl (C=O) groups excluding carboxylic acids is 2. The number of amides is 2. The number of pyridine rings is 2. The lowest BCUT2D eigenvalue weighted by molar-refractivity contribution is -0.132. The van der Waals surface area contributed by atoms with Crippen molar-refractivity contribution >= 4 is 17.6 Å². The third kappa shape index (κ3) is 8.69. The van der Waals surface area contributed by atoms with Gasteiger partial charge in [-0.05, 0) is 101 Å². The molecule has 10 nitrogen and oxygen atoms in total. The lowest BCUT2D eigenvalue weighted by atomic mass is 9.79. The van der Waals surface area contributed by atoms with Crippen LogP contribution in [0.15, 0.2) is 41.1 Å². The molecule has 4 aliphatic rings. The van der Waals surface area contributed by atoms with Gasteiger partial charge in [-0.3, -0.25) is 19.5 Å². The zero-order valence-corrected chi connectivity index (χ0v) is 29.7. The molecule has 0 saturated heterocycles. The zero-order chi connectivity index (χ0) is 34.3. The van der Waals surface area contributed by atoms with Crippen LogP contribution in [0.1, 0.15) is 114 Å². The summed E-state index contributed by atoms with van der Waals surface area (Å²) in [6.07, 6.45) is 17.8. The van der Waals surface area contributed by atoms with E-state index in [-0.39, 0.29) is 25.1 Å². The molecule has 0 aliphatic heterocycles. The third-order valence-electron chi connectivity index (χ3n) is 11.0. The average molecular weight is 674 g/mol. The molecule has 266 valence electrons. The number of carbonyl (C=O) groups is 2. The summed E-state index contributed by atoms with van der Waals surface area (Å²) < 4.78 is 16.2. The van der Waals surface area contributed by atoms with Crippen molar-refractivity contribution in [2.45, 2.75) is 108 Å². The molecule has 3 heterocycles. The largest absolute Gasteiger partial charge is 0.495 e. The molecule has 3 aromatic heterocycles. The number of hydrogen-bond acceptors (Lipinski definition) is 8. The smallest absolute Gasteiger partial charge is 0.231 e. The molecule has 10 heteroatoms. The normalized spacial score (nSPS) is 23.8. The Morgan fingerprint density at radius 2 is 1.67 bits per heavy atom. The standard InChI is InChI=1S/C32H40N4O3.C7H13NO2.H2/c1-21-29(38-2)15-14-27(34-21)23-10-8-22(9-11-23)19-36(32(37)25-6-4-3-5-7-25)30-18-26(16-17-33-30)28-20-39-31(35-28)24-12-13-24;1-8-7(9)5-3-6(4-5)10-2;/h14-18,20,22-25H,3-13,19H2,1-2H3;5-6H,3-4H2,1-2H3,(H,8,9);1H. The van der Waals surface area contributed by atoms with Crippen molar-refractivity contribution in [2.24, 2.45) is 17.8 Å². The van der Waals surface area contributed by atoms with Crippen LogP contribution in [0, 0.1) is 24.7 Å². The number of nitrogens with zero attached hydrogens (tertiary/aromatic N) is 4. The highest BCUT2D eigenvalue weighted by Gasteiger charge is 2.34. The number of aryl methyl sites for hydroxylation is 1. The van der Waals surface area contributed by atoms with Gasteiger partial charge >= 0.3 is 0 Å². The lowest BCUT2D eigenvalue weighted by Crippen LogP contribution is -2.41. The van der Waals surface area contributed by atoms with Crippen LogP contribution in [0.4, 0.5) is 5.82 Å². The Morgan fingerprint density at radius 3 is 2.33 bits per heavy atom. The fourth-order valence-corrected chi connectivity index (χ4v) is 7.62. The first-order valence-corrected chi connectivity index (χ1v) is 18.4. The maximum Gasteiger partial charge on any atom is 0.231 e. The maximum absolute atomic E-state index is 13.9. The van der Waals surface area contributed by atoms with Crippen molar-refractivity contribution < 1.29 is 24.9 Å². The van der Waals surface area contributed by atoms with Crippen LogP contribution < -0.4 is 15.0 Å². The van der Waals surface area contributed by atoms with Gasteiger partial charge in [0, 0.05) is 63.3 Å². The van der Waals surface area contributed by atoms with Gasteiger partial charge in [-0.15, -0.1) is 0 Å². The molecule has 4 fully saturated rings. The second kappa shape index (κ2) is 16.3. The molecule has 4 saturated carbocycles. The fraction of sp³-hybridized carbons (Fsp3) is 0.615. The van der Waals surface area contributed by atoms with Crippen LogP contribution >= 0.6 is 0 Å². The van der Waals surface area contributed by atoms with Crippen LogP contribution in [-0.4, -0.2) is 60.7 Å². The highest BCUT2D eigenvalue weighted by atomic mass is 16.5. The van der Waals surface area contributed by atoms with Crippen molar-refractivity contribution in [2.75, 3.05) is 32.7 Å². The summed E-state index contributed by atoms with van der Waals surface area (Å²) in [6, 6.07) is 8.15. The van der Waals surface area contributed by atoms with E-state index in [1.165, 1.54) is 6.42 Å². The van der Waals surface area contributed by atoms with Crippen LogP contribution in [-0.2, 0) is 14.3 Å². The topological polar surface area (TPSA) is 120 Å². The van der Waals surface area contributed by atoms with E-state index in [4.69, 9.17) is 28.8 Å². The predicted molar refractivity (Wildman–Crippen MR) is 191 cm³/mol. The Bertz CT molecular complexity index is 1560. The van der Waals surface area contributed by atoms with Crippen LogP contribution in [0.25, 0.3) is 11.3 Å². The summed E-state index contributed by atoms with van der Waals surface area (Å²) in [5, 5.41) is 2.62. The Balaban J connectivity index is 0.000000382. The summed E-state index contributed by atoms with van der Waals surface area (Å²) in [7, 11) is 5.05. The van der Waals surface area contributed by atoms with Gasteiger partial charge in [0.15, 0.2) is 5.89 Å². The summed E-state index contributed by atoms with van der Waals surface area (Å²) in [4.78, 5) is 41.1. The second-order valence-electron chi connectivity index (χ2n) is 14.4. The highest BCUT2D eigenvalue weighted by molar-refractivity contribution is 5.94. The van der Waals surface area contributed by atoms with E-state index in [2.05, 4.69) is 11.4 Å². The first kappa shape index (κ1) is 35.1. The van der Waals surface area contributed by atoms with Gasteiger partial charge in [-0.25, -0.2) is 9.97 Å². The lowest BCUT2D eigenvalue weighted by Gasteiger charge is -2.34. The summed E-state index contributed by atoms with van der Waals surface area (Å²) in [5.41, 5.74) is 3.90. The molecule has 0 spiro atoms. The fourth-order valence-electron chi connectivity index (χ4n) is 7.62. The van der Waals surface area contributed by atoms with Crippen molar-refractivity contribution in [3.8, 4) is 17.0 Å². The number of hydrogen-bond donors (Lipinski definition) is 1. The predicted octanol–water partition coefficient (Wildman–Crippen LogP) is 7.62. The monoisotopic (exact) mass is 673 g/mol. The van der Waals surface area contributed by atoms with Crippen LogP contribution in [0.3, 0.4) is 0 Å². The molecule has 49 heavy (non-hydrogen) atoms. The quantitative estimate of drug-likeness (QED) is 0.234. The molecule has 0 atom stereocenters. The van der Waals surface area contributed by atoms with Gasteiger partial charge in [0.1, 0.15) is 23.5 Å². The molecular weight excluding hydrogens is 618 g/mol. The molecule has 0 aromatic carbocycles. The number of anilines is 1. The summed E-state index contributed by atoms with van der Waals surface area (Å²) in [6.45, 7) is 2.73. The Kier molecular flexibility index (Phi) is 11.6. The van der Waals surface area contributed by atoms with Crippen molar-refractivity contribution in [3.63, 3.8) is 0 Å². The molecule has 0 radical (unpaired) electrons. The first-order chi connectivity index (χ1) is 23.9. The van der Waals surface area contributed by atoms with E-state index in [0.717, 1.165) is 124 Å². The maximum atomic E-state index is 13.9. The molecule has 4 aliphatic carbocycles. The SMILES string of the molecule is CNC(=O)C1CC(OC)C1.COc1ccc(C2CCC(CN(C(=O)C3CCCCC3)c3cc(-c4coc(C5CC5)n4)ccn3)CC2)nc1C.[HH]. The van der Waals surface area contributed by atoms with E-state index < -0.39 is 0 Å². The van der Waals surface area contributed by atoms with E-state index >= 15 is 0 Å². The van der Waals surface area contributed by atoms with Crippen LogP contribution in [0.5, 0.6) is 5.75 Å². The molecule has 7 rings (SSSR count). The van der Waals surface area contributed by atoms with Gasteiger partial charge in [0.05, 0.1) is 18.9 Å². The third-order valence-corrected chi connectivity index (χ3v) is 11.0. The van der Waals surface area contributed by atoms with Crippen molar-refractivity contribution in [1.29, 1.82) is 0 Å². The number of oxazole rings is 1. The minimum atomic E-state index is 0. The minimum absolute atomic E-state index is 0. The van der Waals surface area contributed by atoms with Crippen molar-refractivity contribution in [3.05, 3.63) is 54.0 Å². The average Bonchev–Trinajstić information content (AvgIpc) is 3.86. The van der Waals surface area contributed by atoms with Gasteiger partial charge in [-0.2, -0.15) is 0 Å². The Hall–Kier alpha value is -3.79. The second-order valence-corrected chi connectivity index (χ2v) is 14.4. The first-order valence-electron chi connectivity index (χ1n) is 18.4.